The van der Waals surface area contributed by atoms with E-state index in [-0.39, 0.29) is 5.91 Å². The van der Waals surface area contributed by atoms with Crippen molar-refractivity contribution in [3.63, 3.8) is 0 Å². The van der Waals surface area contributed by atoms with Crippen LogP contribution in [0.3, 0.4) is 0 Å². The quantitative estimate of drug-likeness (QED) is 0.590. The van der Waals surface area contributed by atoms with Gasteiger partial charge >= 0.3 is 0 Å². The van der Waals surface area contributed by atoms with Crippen LogP contribution in [0.5, 0.6) is 0 Å². The molecule has 3 rings (SSSR count). The molecular formula is C17H17N5O2. The maximum Gasteiger partial charge on any atom is 0.271 e. The van der Waals surface area contributed by atoms with Crippen molar-refractivity contribution in [3.8, 4) is 5.82 Å². The highest BCUT2D eigenvalue weighted by Crippen LogP contribution is 2.19. The van der Waals surface area contributed by atoms with Gasteiger partial charge in [-0.1, -0.05) is 5.16 Å². The number of carbonyl (C=O) groups excluding carboxylic acids is 1. The fourth-order valence-corrected chi connectivity index (χ4v) is 2.46. The number of amides is 1. The van der Waals surface area contributed by atoms with Crippen molar-refractivity contribution in [2.45, 2.75) is 20.8 Å². The smallest absolute Gasteiger partial charge is 0.271 e. The van der Waals surface area contributed by atoms with Crippen LogP contribution in [-0.4, -0.2) is 26.8 Å². The Morgan fingerprint density at radius 1 is 1.25 bits per heavy atom. The van der Waals surface area contributed by atoms with Crippen LogP contribution in [0.15, 0.2) is 46.3 Å². The molecule has 0 aliphatic carbocycles. The Bertz CT molecular complexity index is 893. The third-order valence-corrected chi connectivity index (χ3v) is 3.63. The van der Waals surface area contributed by atoms with Crippen molar-refractivity contribution in [1.82, 2.24) is 20.1 Å². The fourth-order valence-electron chi connectivity index (χ4n) is 2.46. The van der Waals surface area contributed by atoms with Crippen LogP contribution in [0, 0.1) is 20.8 Å². The molecule has 0 radical (unpaired) electrons. The maximum absolute atomic E-state index is 11.9. The van der Waals surface area contributed by atoms with Crippen molar-refractivity contribution in [1.29, 1.82) is 0 Å². The minimum atomic E-state index is -0.283. The summed E-state index contributed by atoms with van der Waals surface area (Å²) in [5.74, 6) is 1.19. The molecule has 0 aromatic carbocycles. The van der Waals surface area contributed by atoms with Gasteiger partial charge in [0.2, 0.25) is 0 Å². The number of hydrogen-bond donors (Lipinski definition) is 1. The standard InChI is InChI=1S/C17H17N5O2/c1-11-8-15(13(3)22(11)16-9-12(2)24-21-16)10-19-20-17(23)14-4-6-18-7-5-14/h4-10H,1-3H3,(H,20,23)/b19-10-. The summed E-state index contributed by atoms with van der Waals surface area (Å²) < 4.78 is 7.11. The molecule has 0 bridgehead atoms. The molecule has 0 aliphatic rings. The number of rotatable bonds is 4. The third kappa shape index (κ3) is 3.10. The van der Waals surface area contributed by atoms with Gasteiger partial charge in [0.05, 0.1) is 6.21 Å². The average Bonchev–Trinajstić information content (AvgIpc) is 3.11. The molecule has 1 amide bonds. The second kappa shape index (κ2) is 6.49. The summed E-state index contributed by atoms with van der Waals surface area (Å²) in [4.78, 5) is 15.8. The molecule has 1 N–H and O–H groups in total. The van der Waals surface area contributed by atoms with Crippen LogP contribution >= 0.6 is 0 Å². The number of carbonyl (C=O) groups is 1. The summed E-state index contributed by atoms with van der Waals surface area (Å²) in [6, 6.07) is 7.10. The molecule has 3 heterocycles. The molecular weight excluding hydrogens is 306 g/mol. The second-order valence-electron chi connectivity index (χ2n) is 5.39. The molecule has 0 unspecified atom stereocenters. The summed E-state index contributed by atoms with van der Waals surface area (Å²) >= 11 is 0. The number of aromatic nitrogens is 3. The molecule has 3 aromatic heterocycles. The molecule has 0 aliphatic heterocycles. The normalized spacial score (nSPS) is 11.1. The Hall–Kier alpha value is -3.22. The van der Waals surface area contributed by atoms with E-state index in [1.807, 2.05) is 37.5 Å². The lowest BCUT2D eigenvalue weighted by molar-refractivity contribution is 0.0955. The molecule has 7 nitrogen and oxygen atoms in total. The lowest BCUT2D eigenvalue weighted by atomic mass is 10.2. The summed E-state index contributed by atoms with van der Waals surface area (Å²) in [5, 5.41) is 8.07. The highest BCUT2D eigenvalue weighted by atomic mass is 16.5. The lowest BCUT2D eigenvalue weighted by Crippen LogP contribution is -2.17. The summed E-state index contributed by atoms with van der Waals surface area (Å²) in [7, 11) is 0. The molecule has 0 atom stereocenters. The molecule has 0 saturated heterocycles. The van der Waals surface area contributed by atoms with Crippen molar-refractivity contribution < 1.29 is 9.32 Å². The monoisotopic (exact) mass is 323 g/mol. The van der Waals surface area contributed by atoms with Gasteiger partial charge in [0.1, 0.15) is 5.76 Å². The zero-order valence-corrected chi connectivity index (χ0v) is 13.6. The van der Waals surface area contributed by atoms with Gasteiger partial charge in [0, 0.05) is 41.0 Å². The Labute approximate surface area is 139 Å². The van der Waals surface area contributed by atoms with Crippen molar-refractivity contribution >= 4 is 12.1 Å². The van der Waals surface area contributed by atoms with Gasteiger partial charge in [0.25, 0.3) is 5.91 Å². The van der Waals surface area contributed by atoms with Crippen molar-refractivity contribution in [2.24, 2.45) is 5.10 Å². The van der Waals surface area contributed by atoms with E-state index in [4.69, 9.17) is 4.52 Å². The molecule has 0 spiro atoms. The molecule has 122 valence electrons. The van der Waals surface area contributed by atoms with Crippen LogP contribution < -0.4 is 5.43 Å². The average molecular weight is 323 g/mol. The minimum absolute atomic E-state index is 0.283. The van der Waals surface area contributed by atoms with Gasteiger partial charge in [-0.15, -0.1) is 0 Å². The first kappa shape index (κ1) is 15.7. The van der Waals surface area contributed by atoms with Crippen molar-refractivity contribution in [3.05, 3.63) is 64.9 Å². The lowest BCUT2D eigenvalue weighted by Gasteiger charge is -2.03. The first-order valence-electron chi connectivity index (χ1n) is 7.42. The summed E-state index contributed by atoms with van der Waals surface area (Å²) in [6.07, 6.45) is 4.74. The molecule has 24 heavy (non-hydrogen) atoms. The first-order valence-corrected chi connectivity index (χ1v) is 7.42. The largest absolute Gasteiger partial charge is 0.360 e. The number of aryl methyl sites for hydroxylation is 2. The van der Waals surface area contributed by atoms with E-state index in [0.29, 0.717) is 5.56 Å². The summed E-state index contributed by atoms with van der Waals surface area (Å²) in [6.45, 7) is 5.79. The Morgan fingerprint density at radius 3 is 2.67 bits per heavy atom. The SMILES string of the molecule is Cc1cc(-n2c(C)cc(/C=N\NC(=O)c3ccncc3)c2C)no1. The Balaban J connectivity index is 1.77. The van der Waals surface area contributed by atoms with Crippen LogP contribution in [0.4, 0.5) is 0 Å². The summed E-state index contributed by atoms with van der Waals surface area (Å²) in [5.41, 5.74) is 5.87. The number of nitrogens with one attached hydrogen (secondary N) is 1. The maximum atomic E-state index is 11.9. The molecule has 0 saturated carbocycles. The van der Waals surface area contributed by atoms with E-state index in [2.05, 4.69) is 20.7 Å². The van der Waals surface area contributed by atoms with Gasteiger partial charge in [-0.2, -0.15) is 5.10 Å². The highest BCUT2D eigenvalue weighted by Gasteiger charge is 2.12. The zero-order chi connectivity index (χ0) is 17.1. The van der Waals surface area contributed by atoms with E-state index < -0.39 is 0 Å². The number of hydrazone groups is 1. The predicted octanol–water partition coefficient (Wildman–Crippen LogP) is 2.55. The zero-order valence-electron chi connectivity index (χ0n) is 13.6. The topological polar surface area (TPSA) is 85.3 Å². The number of nitrogens with zero attached hydrogens (tertiary/aromatic N) is 4. The van der Waals surface area contributed by atoms with E-state index in [9.17, 15) is 4.79 Å². The van der Waals surface area contributed by atoms with Gasteiger partial charge < -0.3 is 4.52 Å². The highest BCUT2D eigenvalue weighted by molar-refractivity contribution is 5.94. The van der Waals surface area contributed by atoms with E-state index >= 15 is 0 Å². The van der Waals surface area contributed by atoms with Crippen LogP contribution in [0.1, 0.15) is 33.1 Å². The fraction of sp³-hybridized carbons (Fsp3) is 0.176. The van der Waals surface area contributed by atoms with E-state index in [1.54, 1.807) is 30.7 Å². The van der Waals surface area contributed by atoms with Gasteiger partial charge in [-0.25, -0.2) is 5.43 Å². The Kier molecular flexibility index (Phi) is 4.24. The van der Waals surface area contributed by atoms with Gasteiger partial charge in [0.15, 0.2) is 5.82 Å². The molecule has 0 fully saturated rings. The van der Waals surface area contributed by atoms with Crippen LogP contribution in [0.25, 0.3) is 5.82 Å². The number of hydrogen-bond acceptors (Lipinski definition) is 5. The second-order valence-corrected chi connectivity index (χ2v) is 5.39. The third-order valence-electron chi connectivity index (χ3n) is 3.63. The van der Waals surface area contributed by atoms with Gasteiger partial charge in [-0.05, 0) is 39.0 Å². The van der Waals surface area contributed by atoms with E-state index in [0.717, 1.165) is 28.5 Å². The van der Waals surface area contributed by atoms with E-state index in [1.165, 1.54) is 0 Å². The Morgan fingerprint density at radius 2 is 2.00 bits per heavy atom. The number of pyridine rings is 1. The molecule has 3 aromatic rings. The minimum Gasteiger partial charge on any atom is -0.360 e. The molecule has 7 heteroatoms. The first-order chi connectivity index (χ1) is 11.6. The van der Waals surface area contributed by atoms with Crippen molar-refractivity contribution in [2.75, 3.05) is 0 Å². The predicted molar refractivity (Wildman–Crippen MR) is 89.3 cm³/mol. The van der Waals surface area contributed by atoms with Crippen LogP contribution in [0.2, 0.25) is 0 Å². The van der Waals surface area contributed by atoms with Crippen LogP contribution in [-0.2, 0) is 0 Å². The van der Waals surface area contributed by atoms with Gasteiger partial charge in [-0.3, -0.25) is 14.3 Å².